The average molecular weight is 257 g/mol. The van der Waals surface area contributed by atoms with Crippen molar-refractivity contribution in [3.05, 3.63) is 54.7 Å². The fraction of sp³-hybridized carbons (Fsp3) is 0.389. The maximum Gasteiger partial charge on any atom is 0.131 e. The number of rotatable bonds is 6. The molecule has 0 saturated carbocycles. The number of benzene rings is 2. The SMILES string of the molecule is [CH2]CCCCC(CC)c1cccc2c(F)cccc12. The van der Waals surface area contributed by atoms with Gasteiger partial charge in [0, 0.05) is 5.39 Å². The van der Waals surface area contributed by atoms with E-state index in [-0.39, 0.29) is 5.82 Å². The molecule has 101 valence electrons. The number of unbranched alkanes of at least 4 members (excludes halogenated alkanes) is 2. The predicted molar refractivity (Wildman–Crippen MR) is 80.8 cm³/mol. The molecule has 0 spiro atoms. The van der Waals surface area contributed by atoms with Crippen LogP contribution in [0, 0.1) is 12.7 Å². The molecule has 1 unspecified atom stereocenters. The van der Waals surface area contributed by atoms with Crippen LogP contribution in [0.1, 0.15) is 50.5 Å². The Kier molecular flexibility index (Phi) is 4.95. The topological polar surface area (TPSA) is 0 Å². The van der Waals surface area contributed by atoms with E-state index in [9.17, 15) is 4.39 Å². The van der Waals surface area contributed by atoms with Gasteiger partial charge in [-0.15, -0.1) is 0 Å². The van der Waals surface area contributed by atoms with Gasteiger partial charge in [0.25, 0.3) is 0 Å². The molecule has 0 aliphatic rings. The normalized spacial score (nSPS) is 12.8. The first-order chi connectivity index (χ1) is 9.27. The quantitative estimate of drug-likeness (QED) is 0.568. The molecule has 1 heteroatoms. The van der Waals surface area contributed by atoms with Crippen molar-refractivity contribution in [2.45, 2.75) is 44.9 Å². The highest BCUT2D eigenvalue weighted by Gasteiger charge is 2.13. The summed E-state index contributed by atoms with van der Waals surface area (Å²) in [6.07, 6.45) is 5.65. The van der Waals surface area contributed by atoms with Gasteiger partial charge in [0.2, 0.25) is 0 Å². The highest BCUT2D eigenvalue weighted by molar-refractivity contribution is 5.86. The minimum Gasteiger partial charge on any atom is -0.206 e. The van der Waals surface area contributed by atoms with Crippen LogP contribution in [0.2, 0.25) is 0 Å². The summed E-state index contributed by atoms with van der Waals surface area (Å²) in [7, 11) is 0. The zero-order chi connectivity index (χ0) is 13.7. The molecule has 0 bridgehead atoms. The van der Waals surface area contributed by atoms with Crippen molar-refractivity contribution >= 4 is 10.8 Å². The van der Waals surface area contributed by atoms with E-state index in [0.29, 0.717) is 5.92 Å². The zero-order valence-corrected chi connectivity index (χ0v) is 11.7. The molecule has 0 saturated heterocycles. The largest absolute Gasteiger partial charge is 0.206 e. The second-order valence-corrected chi connectivity index (χ2v) is 5.14. The van der Waals surface area contributed by atoms with E-state index < -0.39 is 0 Å². The Hall–Kier alpha value is -1.37. The summed E-state index contributed by atoms with van der Waals surface area (Å²) in [6, 6.07) is 11.4. The lowest BCUT2D eigenvalue weighted by Crippen LogP contribution is -1.99. The number of hydrogen-bond donors (Lipinski definition) is 0. The van der Waals surface area contributed by atoms with Crippen LogP contribution in [0.25, 0.3) is 10.8 Å². The highest BCUT2D eigenvalue weighted by Crippen LogP contribution is 2.32. The van der Waals surface area contributed by atoms with Gasteiger partial charge in [0.15, 0.2) is 0 Å². The molecule has 2 aromatic carbocycles. The Bertz CT molecular complexity index is 530. The number of halogens is 1. The van der Waals surface area contributed by atoms with Gasteiger partial charge in [-0.25, -0.2) is 4.39 Å². The molecule has 0 aliphatic carbocycles. The Morgan fingerprint density at radius 3 is 2.53 bits per heavy atom. The second-order valence-electron chi connectivity index (χ2n) is 5.14. The summed E-state index contributed by atoms with van der Waals surface area (Å²) in [4.78, 5) is 0. The third-order valence-corrected chi connectivity index (χ3v) is 3.89. The predicted octanol–water partition coefficient (Wildman–Crippen LogP) is 5.87. The molecule has 1 radical (unpaired) electrons. The lowest BCUT2D eigenvalue weighted by atomic mass is 9.87. The van der Waals surface area contributed by atoms with Crippen LogP contribution in [0.3, 0.4) is 0 Å². The minimum atomic E-state index is -0.119. The molecule has 0 aliphatic heterocycles. The Morgan fingerprint density at radius 1 is 1.05 bits per heavy atom. The molecule has 0 heterocycles. The van der Waals surface area contributed by atoms with E-state index in [0.717, 1.165) is 23.6 Å². The van der Waals surface area contributed by atoms with E-state index in [4.69, 9.17) is 0 Å². The second kappa shape index (κ2) is 6.70. The maximum atomic E-state index is 13.8. The van der Waals surface area contributed by atoms with Gasteiger partial charge >= 0.3 is 0 Å². The van der Waals surface area contributed by atoms with Crippen LogP contribution in [-0.2, 0) is 0 Å². The molecule has 0 nitrogen and oxygen atoms in total. The Balaban J connectivity index is 2.34. The Labute approximate surface area is 115 Å². The van der Waals surface area contributed by atoms with Crippen LogP contribution < -0.4 is 0 Å². The molecular formula is C18H22F. The summed E-state index contributed by atoms with van der Waals surface area (Å²) < 4.78 is 13.8. The average Bonchev–Trinajstić information content (AvgIpc) is 2.44. The van der Waals surface area contributed by atoms with Crippen LogP contribution in [0.15, 0.2) is 36.4 Å². The molecule has 0 N–H and O–H groups in total. The lowest BCUT2D eigenvalue weighted by molar-refractivity contribution is 0.562. The summed E-state index contributed by atoms with van der Waals surface area (Å²) >= 11 is 0. The van der Waals surface area contributed by atoms with Crippen molar-refractivity contribution in [2.75, 3.05) is 0 Å². The smallest absolute Gasteiger partial charge is 0.131 e. The van der Waals surface area contributed by atoms with Crippen molar-refractivity contribution in [1.29, 1.82) is 0 Å². The first-order valence-electron chi connectivity index (χ1n) is 7.24. The van der Waals surface area contributed by atoms with Crippen molar-refractivity contribution in [1.82, 2.24) is 0 Å². The van der Waals surface area contributed by atoms with E-state index >= 15 is 0 Å². The van der Waals surface area contributed by atoms with Crippen LogP contribution in [0.5, 0.6) is 0 Å². The summed E-state index contributed by atoms with van der Waals surface area (Å²) in [5.74, 6) is 0.406. The minimum absolute atomic E-state index is 0.119. The van der Waals surface area contributed by atoms with Crippen molar-refractivity contribution in [3.8, 4) is 0 Å². The van der Waals surface area contributed by atoms with Crippen molar-refractivity contribution in [2.24, 2.45) is 0 Å². The van der Waals surface area contributed by atoms with Gasteiger partial charge in [0.1, 0.15) is 5.82 Å². The highest BCUT2D eigenvalue weighted by atomic mass is 19.1. The fourth-order valence-electron chi connectivity index (χ4n) is 2.80. The lowest BCUT2D eigenvalue weighted by Gasteiger charge is -2.17. The van der Waals surface area contributed by atoms with E-state index in [1.807, 2.05) is 24.3 Å². The van der Waals surface area contributed by atoms with Gasteiger partial charge in [-0.05, 0) is 35.8 Å². The third kappa shape index (κ3) is 3.15. The van der Waals surface area contributed by atoms with Crippen LogP contribution >= 0.6 is 0 Å². The standard InChI is InChI=1S/C18H22F/c1-3-5-6-9-14(4-2)15-10-7-12-17-16(15)11-8-13-18(17)19/h7-8,10-14H,1,3-6,9H2,2H3. The van der Waals surface area contributed by atoms with Crippen LogP contribution in [0.4, 0.5) is 4.39 Å². The molecule has 2 aromatic rings. The van der Waals surface area contributed by atoms with Crippen molar-refractivity contribution < 1.29 is 4.39 Å². The summed E-state index contributed by atoms with van der Waals surface area (Å²) in [5, 5.41) is 1.82. The van der Waals surface area contributed by atoms with E-state index in [2.05, 4.69) is 19.9 Å². The fourth-order valence-corrected chi connectivity index (χ4v) is 2.80. The van der Waals surface area contributed by atoms with E-state index in [1.165, 1.54) is 30.9 Å². The molecular weight excluding hydrogens is 235 g/mol. The maximum absolute atomic E-state index is 13.8. The number of fused-ring (bicyclic) bond motifs is 1. The van der Waals surface area contributed by atoms with E-state index in [1.54, 1.807) is 0 Å². The molecule has 0 amide bonds. The van der Waals surface area contributed by atoms with Gasteiger partial charge in [0.05, 0.1) is 0 Å². The van der Waals surface area contributed by atoms with Gasteiger partial charge in [-0.1, -0.05) is 63.4 Å². The summed E-state index contributed by atoms with van der Waals surface area (Å²) in [6.45, 7) is 6.11. The zero-order valence-electron chi connectivity index (χ0n) is 11.7. The monoisotopic (exact) mass is 257 g/mol. The van der Waals surface area contributed by atoms with Gasteiger partial charge < -0.3 is 0 Å². The third-order valence-electron chi connectivity index (χ3n) is 3.89. The molecule has 19 heavy (non-hydrogen) atoms. The van der Waals surface area contributed by atoms with Crippen molar-refractivity contribution in [3.63, 3.8) is 0 Å². The summed E-state index contributed by atoms with van der Waals surface area (Å²) in [5.41, 5.74) is 1.29. The van der Waals surface area contributed by atoms with Gasteiger partial charge in [-0.2, -0.15) is 0 Å². The Morgan fingerprint density at radius 2 is 1.79 bits per heavy atom. The first-order valence-corrected chi connectivity index (χ1v) is 7.24. The van der Waals surface area contributed by atoms with Crippen LogP contribution in [-0.4, -0.2) is 0 Å². The molecule has 2 rings (SSSR count). The molecule has 0 aromatic heterocycles. The number of hydrogen-bond acceptors (Lipinski definition) is 0. The first kappa shape index (κ1) is 14.0. The molecule has 1 atom stereocenters. The van der Waals surface area contributed by atoms with Gasteiger partial charge in [-0.3, -0.25) is 0 Å². The molecule has 0 fully saturated rings.